The average Bonchev–Trinajstić information content (AvgIpc) is 2.27. The zero-order valence-electron chi connectivity index (χ0n) is 10.7. The molecule has 0 fully saturated rings. The lowest BCUT2D eigenvalue weighted by Crippen LogP contribution is -2.30. The summed E-state index contributed by atoms with van der Waals surface area (Å²) in [7, 11) is 0. The first-order chi connectivity index (χ1) is 7.92. The molecule has 1 unspecified atom stereocenters. The van der Waals surface area contributed by atoms with Gasteiger partial charge >= 0.3 is 0 Å². The Hall–Kier alpha value is -1.37. The molecular weight excluding hydrogens is 212 g/mol. The van der Waals surface area contributed by atoms with Crippen LogP contribution in [0.4, 0.5) is 0 Å². The van der Waals surface area contributed by atoms with Gasteiger partial charge in [-0.1, -0.05) is 32.9 Å². The molecule has 17 heavy (non-hydrogen) atoms. The number of nitrogens with zero attached hydrogens (tertiary/aromatic N) is 1. The van der Waals surface area contributed by atoms with Crippen molar-refractivity contribution in [1.82, 2.24) is 5.32 Å². The second kappa shape index (κ2) is 5.81. The quantitative estimate of drug-likeness (QED) is 0.837. The number of rotatable bonds is 4. The van der Waals surface area contributed by atoms with Gasteiger partial charge < -0.3 is 10.4 Å². The maximum atomic E-state index is 9.94. The topological polar surface area (TPSA) is 56.0 Å². The van der Waals surface area contributed by atoms with Crippen LogP contribution in [0.25, 0.3) is 0 Å². The van der Waals surface area contributed by atoms with Gasteiger partial charge in [0.15, 0.2) is 0 Å². The monoisotopic (exact) mass is 232 g/mol. The molecule has 2 N–H and O–H groups in total. The Balaban J connectivity index is 2.47. The summed E-state index contributed by atoms with van der Waals surface area (Å²) >= 11 is 0. The highest BCUT2D eigenvalue weighted by molar-refractivity contribution is 5.32. The lowest BCUT2D eigenvalue weighted by atomic mass is 9.97. The maximum absolute atomic E-state index is 9.94. The number of aliphatic hydroxyl groups is 1. The highest BCUT2D eigenvalue weighted by atomic mass is 16.3. The van der Waals surface area contributed by atoms with Crippen molar-refractivity contribution < 1.29 is 5.11 Å². The zero-order valence-corrected chi connectivity index (χ0v) is 10.7. The molecule has 1 aromatic carbocycles. The molecule has 0 aliphatic heterocycles. The molecule has 0 spiro atoms. The molecular formula is C14H20N2O. The highest BCUT2D eigenvalue weighted by Crippen LogP contribution is 2.14. The standard InChI is InChI=1S/C14H20N2O/c1-14(2,3)10-16-9-13(17)12-6-4-11(8-15)5-7-12/h4-7,13,16-17H,9-10H2,1-3H3. The van der Waals surface area contributed by atoms with Crippen molar-refractivity contribution in [1.29, 1.82) is 5.26 Å². The van der Waals surface area contributed by atoms with Gasteiger partial charge in [0.05, 0.1) is 17.7 Å². The van der Waals surface area contributed by atoms with Crippen LogP contribution in [0.5, 0.6) is 0 Å². The Morgan fingerprint density at radius 3 is 2.35 bits per heavy atom. The van der Waals surface area contributed by atoms with E-state index in [0.29, 0.717) is 12.1 Å². The molecule has 3 nitrogen and oxygen atoms in total. The average molecular weight is 232 g/mol. The second-order valence-electron chi connectivity index (χ2n) is 5.44. The maximum Gasteiger partial charge on any atom is 0.0991 e. The van der Waals surface area contributed by atoms with Gasteiger partial charge in [-0.15, -0.1) is 0 Å². The SMILES string of the molecule is CC(C)(C)CNCC(O)c1ccc(C#N)cc1. The lowest BCUT2D eigenvalue weighted by molar-refractivity contribution is 0.170. The van der Waals surface area contributed by atoms with Gasteiger partial charge in [0.1, 0.15) is 0 Å². The summed E-state index contributed by atoms with van der Waals surface area (Å²) in [5.74, 6) is 0. The van der Waals surface area contributed by atoms with E-state index in [-0.39, 0.29) is 5.41 Å². The number of hydrogen-bond donors (Lipinski definition) is 2. The smallest absolute Gasteiger partial charge is 0.0991 e. The highest BCUT2D eigenvalue weighted by Gasteiger charge is 2.11. The minimum Gasteiger partial charge on any atom is -0.387 e. The minimum absolute atomic E-state index is 0.213. The minimum atomic E-state index is -0.523. The van der Waals surface area contributed by atoms with E-state index in [0.717, 1.165) is 12.1 Å². The van der Waals surface area contributed by atoms with Crippen LogP contribution in [0.15, 0.2) is 24.3 Å². The molecule has 0 saturated carbocycles. The lowest BCUT2D eigenvalue weighted by Gasteiger charge is -2.20. The summed E-state index contributed by atoms with van der Waals surface area (Å²) in [6, 6.07) is 9.10. The van der Waals surface area contributed by atoms with E-state index >= 15 is 0 Å². The van der Waals surface area contributed by atoms with Crippen LogP contribution in [0.1, 0.15) is 38.0 Å². The van der Waals surface area contributed by atoms with Crippen molar-refractivity contribution in [3.05, 3.63) is 35.4 Å². The van der Waals surface area contributed by atoms with E-state index in [4.69, 9.17) is 5.26 Å². The molecule has 0 saturated heterocycles. The van der Waals surface area contributed by atoms with Crippen molar-refractivity contribution in [2.24, 2.45) is 5.41 Å². The molecule has 92 valence electrons. The van der Waals surface area contributed by atoms with Crippen molar-refractivity contribution in [2.45, 2.75) is 26.9 Å². The molecule has 0 aliphatic rings. The largest absolute Gasteiger partial charge is 0.387 e. The second-order valence-corrected chi connectivity index (χ2v) is 5.44. The molecule has 1 rings (SSSR count). The molecule has 1 atom stereocenters. The fraction of sp³-hybridized carbons (Fsp3) is 0.500. The predicted molar refractivity (Wildman–Crippen MR) is 68.4 cm³/mol. The molecule has 0 amide bonds. The first-order valence-electron chi connectivity index (χ1n) is 5.81. The van der Waals surface area contributed by atoms with Gasteiger partial charge in [-0.25, -0.2) is 0 Å². The fourth-order valence-corrected chi connectivity index (χ4v) is 1.48. The van der Waals surface area contributed by atoms with Crippen molar-refractivity contribution in [2.75, 3.05) is 13.1 Å². The fourth-order valence-electron chi connectivity index (χ4n) is 1.48. The molecule has 0 radical (unpaired) electrons. The van der Waals surface area contributed by atoms with Crippen LogP contribution in [-0.2, 0) is 0 Å². The summed E-state index contributed by atoms with van der Waals surface area (Å²) in [4.78, 5) is 0. The first-order valence-corrected chi connectivity index (χ1v) is 5.81. The molecule has 0 aromatic heterocycles. The van der Waals surface area contributed by atoms with Crippen molar-refractivity contribution in [3.63, 3.8) is 0 Å². The molecule has 1 aromatic rings. The number of hydrogen-bond acceptors (Lipinski definition) is 3. The third-order valence-corrected chi connectivity index (χ3v) is 2.42. The van der Waals surface area contributed by atoms with Gasteiger partial charge in [0, 0.05) is 13.1 Å². The summed E-state index contributed by atoms with van der Waals surface area (Å²) in [5, 5.41) is 21.8. The number of benzene rings is 1. The van der Waals surface area contributed by atoms with E-state index < -0.39 is 6.10 Å². The van der Waals surface area contributed by atoms with E-state index in [1.54, 1.807) is 24.3 Å². The van der Waals surface area contributed by atoms with Crippen molar-refractivity contribution >= 4 is 0 Å². The van der Waals surface area contributed by atoms with Crippen LogP contribution in [-0.4, -0.2) is 18.2 Å². The van der Waals surface area contributed by atoms with E-state index in [2.05, 4.69) is 32.2 Å². The van der Waals surface area contributed by atoms with E-state index in [1.165, 1.54) is 0 Å². The first kappa shape index (κ1) is 13.7. The molecule has 3 heteroatoms. The van der Waals surface area contributed by atoms with Crippen LogP contribution < -0.4 is 5.32 Å². The molecule has 0 bridgehead atoms. The van der Waals surface area contributed by atoms with Crippen LogP contribution in [0.3, 0.4) is 0 Å². The molecule has 0 aliphatic carbocycles. The van der Waals surface area contributed by atoms with Crippen LogP contribution in [0, 0.1) is 16.7 Å². The predicted octanol–water partition coefficient (Wildman–Crippen LogP) is 2.23. The number of nitriles is 1. The van der Waals surface area contributed by atoms with Crippen LogP contribution in [0.2, 0.25) is 0 Å². The van der Waals surface area contributed by atoms with Gasteiger partial charge in [-0.3, -0.25) is 0 Å². The van der Waals surface area contributed by atoms with E-state index in [9.17, 15) is 5.11 Å². The zero-order chi connectivity index (χ0) is 12.9. The number of nitrogens with one attached hydrogen (secondary N) is 1. The van der Waals surface area contributed by atoms with Gasteiger partial charge in [0.2, 0.25) is 0 Å². The van der Waals surface area contributed by atoms with Gasteiger partial charge in [0.25, 0.3) is 0 Å². The third-order valence-electron chi connectivity index (χ3n) is 2.42. The Labute approximate surface area is 103 Å². The molecule has 0 heterocycles. The normalized spacial score (nSPS) is 13.1. The summed E-state index contributed by atoms with van der Waals surface area (Å²) in [6.45, 7) is 7.83. The third kappa shape index (κ3) is 4.99. The number of aliphatic hydroxyl groups excluding tert-OH is 1. The Kier molecular flexibility index (Phi) is 4.68. The Morgan fingerprint density at radius 1 is 1.29 bits per heavy atom. The van der Waals surface area contributed by atoms with Crippen LogP contribution >= 0.6 is 0 Å². The van der Waals surface area contributed by atoms with Gasteiger partial charge in [-0.05, 0) is 23.1 Å². The van der Waals surface area contributed by atoms with E-state index in [1.807, 2.05) is 0 Å². The Bertz CT molecular complexity index is 384. The summed E-state index contributed by atoms with van der Waals surface area (Å²) < 4.78 is 0. The van der Waals surface area contributed by atoms with Crippen molar-refractivity contribution in [3.8, 4) is 6.07 Å². The Morgan fingerprint density at radius 2 is 1.88 bits per heavy atom. The summed E-state index contributed by atoms with van der Waals surface area (Å²) in [5.41, 5.74) is 1.67. The van der Waals surface area contributed by atoms with Gasteiger partial charge in [-0.2, -0.15) is 5.26 Å². The summed E-state index contributed by atoms with van der Waals surface area (Å²) in [6.07, 6.45) is -0.523.